The van der Waals surface area contributed by atoms with E-state index in [4.69, 9.17) is 5.26 Å². The summed E-state index contributed by atoms with van der Waals surface area (Å²) in [5, 5.41) is 8.81. The van der Waals surface area contributed by atoms with Crippen LogP contribution in [-0.4, -0.2) is 33.8 Å². The van der Waals surface area contributed by atoms with Crippen molar-refractivity contribution >= 4 is 15.7 Å². The van der Waals surface area contributed by atoms with Crippen LogP contribution in [0.25, 0.3) is 0 Å². The lowest BCUT2D eigenvalue weighted by Crippen LogP contribution is -2.47. The van der Waals surface area contributed by atoms with Crippen LogP contribution in [0.15, 0.2) is 18.2 Å². The third kappa shape index (κ3) is 4.59. The van der Waals surface area contributed by atoms with E-state index in [-0.39, 0.29) is 12.6 Å². The molecule has 0 aliphatic carbocycles. The number of nitrogens with one attached hydrogen (secondary N) is 1. The Bertz CT molecular complexity index is 726. The Balaban J connectivity index is 2.26. The number of hydrogen-bond acceptors (Lipinski definition) is 4. The Morgan fingerprint density at radius 3 is 2.65 bits per heavy atom. The van der Waals surface area contributed by atoms with E-state index in [1.165, 1.54) is 6.07 Å². The highest BCUT2D eigenvalue weighted by Gasteiger charge is 2.34. The van der Waals surface area contributed by atoms with Crippen molar-refractivity contribution in [2.45, 2.75) is 25.1 Å². The first-order valence-electron chi connectivity index (χ1n) is 6.94. The first-order valence-corrected chi connectivity index (χ1v) is 8.83. The third-order valence-electron chi connectivity index (χ3n) is 3.60. The van der Waals surface area contributed by atoms with Gasteiger partial charge in [-0.05, 0) is 31.0 Å². The number of hydrogen-bond donors (Lipinski definition) is 1. The fraction of sp³-hybridized carbons (Fsp3) is 0.500. The molecule has 0 radical (unpaired) electrons. The zero-order valence-electron chi connectivity index (χ0n) is 12.4. The molecule has 2 rings (SSSR count). The number of sulfonamides is 1. The SMILES string of the molecule is CS(=O)(=O)NC1CCCN(c2ccc(C#N)c(C(F)(F)F)c2)C1. The predicted molar refractivity (Wildman–Crippen MR) is 79.4 cm³/mol. The van der Waals surface area contributed by atoms with Crippen molar-refractivity contribution in [3.05, 3.63) is 29.3 Å². The molecule has 1 unspecified atom stereocenters. The number of nitrogens with zero attached hydrogens (tertiary/aromatic N) is 2. The fourth-order valence-electron chi connectivity index (χ4n) is 2.67. The van der Waals surface area contributed by atoms with E-state index >= 15 is 0 Å². The Hall–Kier alpha value is -1.79. The van der Waals surface area contributed by atoms with Gasteiger partial charge in [0.2, 0.25) is 10.0 Å². The number of rotatable bonds is 3. The van der Waals surface area contributed by atoms with Crippen LogP contribution >= 0.6 is 0 Å². The first kappa shape index (κ1) is 17.6. The van der Waals surface area contributed by atoms with Gasteiger partial charge in [-0.3, -0.25) is 0 Å². The number of anilines is 1. The number of alkyl halides is 3. The van der Waals surface area contributed by atoms with Crippen molar-refractivity contribution in [2.75, 3.05) is 24.2 Å². The molecule has 0 bridgehead atoms. The third-order valence-corrected chi connectivity index (χ3v) is 4.36. The number of piperidine rings is 1. The van der Waals surface area contributed by atoms with Gasteiger partial charge in [0.05, 0.1) is 23.5 Å². The average molecular weight is 347 g/mol. The van der Waals surface area contributed by atoms with Gasteiger partial charge in [0.25, 0.3) is 0 Å². The quantitative estimate of drug-likeness (QED) is 0.909. The van der Waals surface area contributed by atoms with Crippen LogP contribution in [0.3, 0.4) is 0 Å². The van der Waals surface area contributed by atoms with E-state index in [0.717, 1.165) is 18.4 Å². The normalized spacial score (nSPS) is 19.4. The second-order valence-corrected chi connectivity index (χ2v) is 7.29. The van der Waals surface area contributed by atoms with E-state index < -0.39 is 27.3 Å². The lowest BCUT2D eigenvalue weighted by atomic mass is 10.0. The summed E-state index contributed by atoms with van der Waals surface area (Å²) in [6.45, 7) is 0.821. The molecular formula is C14H16F3N3O2S. The maximum Gasteiger partial charge on any atom is 0.417 e. The topological polar surface area (TPSA) is 73.2 Å². The maximum absolute atomic E-state index is 13.0. The molecule has 1 saturated heterocycles. The molecule has 1 heterocycles. The minimum Gasteiger partial charge on any atom is -0.370 e. The molecule has 5 nitrogen and oxygen atoms in total. The van der Waals surface area contributed by atoms with Crippen LogP contribution in [0.1, 0.15) is 24.0 Å². The van der Waals surface area contributed by atoms with Gasteiger partial charge in [-0.1, -0.05) is 0 Å². The monoisotopic (exact) mass is 347 g/mol. The molecule has 1 fully saturated rings. The van der Waals surface area contributed by atoms with E-state index in [1.807, 2.05) is 0 Å². The van der Waals surface area contributed by atoms with Crippen LogP contribution in [-0.2, 0) is 16.2 Å². The summed E-state index contributed by atoms with van der Waals surface area (Å²) in [4.78, 5) is 1.70. The van der Waals surface area contributed by atoms with Crippen LogP contribution in [0.2, 0.25) is 0 Å². The largest absolute Gasteiger partial charge is 0.417 e. The summed E-state index contributed by atoms with van der Waals surface area (Å²) in [5.41, 5.74) is -1.07. The molecule has 1 aromatic carbocycles. The minimum atomic E-state index is -4.61. The van der Waals surface area contributed by atoms with Crippen LogP contribution in [0, 0.1) is 11.3 Å². The summed E-state index contributed by atoms with van der Waals surface area (Å²) >= 11 is 0. The van der Waals surface area contributed by atoms with Crippen LogP contribution < -0.4 is 9.62 Å². The lowest BCUT2D eigenvalue weighted by Gasteiger charge is -2.34. The van der Waals surface area contributed by atoms with E-state index in [9.17, 15) is 21.6 Å². The Kier molecular flexibility index (Phi) is 4.87. The molecule has 1 aliphatic rings. The molecular weight excluding hydrogens is 331 g/mol. The van der Waals surface area contributed by atoms with Crippen LogP contribution in [0.5, 0.6) is 0 Å². The van der Waals surface area contributed by atoms with Crippen LogP contribution in [0.4, 0.5) is 18.9 Å². The number of benzene rings is 1. The van der Waals surface area contributed by atoms with E-state index in [2.05, 4.69) is 4.72 Å². The van der Waals surface area contributed by atoms with Gasteiger partial charge in [0, 0.05) is 24.8 Å². The molecule has 0 spiro atoms. The van der Waals surface area contributed by atoms with Gasteiger partial charge in [0.1, 0.15) is 0 Å². The van der Waals surface area contributed by atoms with Gasteiger partial charge in [0.15, 0.2) is 0 Å². The van der Waals surface area contributed by atoms with Crippen molar-refractivity contribution in [2.24, 2.45) is 0 Å². The zero-order chi connectivity index (χ0) is 17.3. The van der Waals surface area contributed by atoms with E-state index in [1.54, 1.807) is 11.0 Å². The van der Waals surface area contributed by atoms with Gasteiger partial charge in [-0.2, -0.15) is 18.4 Å². The van der Waals surface area contributed by atoms with Crippen molar-refractivity contribution in [3.63, 3.8) is 0 Å². The Morgan fingerprint density at radius 1 is 1.39 bits per heavy atom. The molecule has 0 amide bonds. The zero-order valence-corrected chi connectivity index (χ0v) is 13.2. The van der Waals surface area contributed by atoms with Gasteiger partial charge >= 0.3 is 6.18 Å². The Labute approximate surface area is 132 Å². The highest BCUT2D eigenvalue weighted by Crippen LogP contribution is 2.35. The minimum absolute atomic E-state index is 0.288. The molecule has 1 atom stereocenters. The van der Waals surface area contributed by atoms with Crippen molar-refractivity contribution < 1.29 is 21.6 Å². The first-order chi connectivity index (χ1) is 10.6. The van der Waals surface area contributed by atoms with Crippen molar-refractivity contribution in [1.29, 1.82) is 5.26 Å². The highest BCUT2D eigenvalue weighted by molar-refractivity contribution is 7.88. The summed E-state index contributed by atoms with van der Waals surface area (Å²) in [7, 11) is -3.37. The highest BCUT2D eigenvalue weighted by atomic mass is 32.2. The summed E-state index contributed by atoms with van der Waals surface area (Å²) in [5.74, 6) is 0. The predicted octanol–water partition coefficient (Wildman–Crippen LogP) is 2.10. The summed E-state index contributed by atoms with van der Waals surface area (Å²) in [6.07, 6.45) is -2.27. The molecule has 126 valence electrons. The summed E-state index contributed by atoms with van der Waals surface area (Å²) in [6, 6.07) is 4.74. The fourth-order valence-corrected chi connectivity index (χ4v) is 3.47. The molecule has 1 N–H and O–H groups in total. The van der Waals surface area contributed by atoms with Crippen molar-refractivity contribution in [1.82, 2.24) is 4.72 Å². The second kappa shape index (κ2) is 6.37. The number of halogens is 3. The standard InChI is InChI=1S/C14H16F3N3O2S/c1-23(21,22)19-11-3-2-6-20(9-11)12-5-4-10(8-18)13(7-12)14(15,16)17/h4-5,7,11,19H,2-3,6,9H2,1H3. The molecule has 0 saturated carbocycles. The summed E-state index contributed by atoms with van der Waals surface area (Å²) < 4.78 is 64.1. The Morgan fingerprint density at radius 2 is 2.09 bits per heavy atom. The molecule has 1 aliphatic heterocycles. The molecule has 0 aromatic heterocycles. The lowest BCUT2D eigenvalue weighted by molar-refractivity contribution is -0.137. The average Bonchev–Trinajstić information content (AvgIpc) is 2.44. The second-order valence-electron chi connectivity index (χ2n) is 5.51. The smallest absolute Gasteiger partial charge is 0.370 e. The molecule has 9 heteroatoms. The number of nitriles is 1. The van der Waals surface area contributed by atoms with Gasteiger partial charge < -0.3 is 4.90 Å². The van der Waals surface area contributed by atoms with Gasteiger partial charge in [-0.25, -0.2) is 13.1 Å². The molecule has 23 heavy (non-hydrogen) atoms. The molecule has 1 aromatic rings. The van der Waals surface area contributed by atoms with Gasteiger partial charge in [-0.15, -0.1) is 0 Å². The van der Waals surface area contributed by atoms with Crippen molar-refractivity contribution in [3.8, 4) is 6.07 Å². The maximum atomic E-state index is 13.0. The van der Waals surface area contributed by atoms with E-state index in [0.29, 0.717) is 25.1 Å².